The molecular weight excluding hydrogens is 779 g/mol. The van der Waals surface area contributed by atoms with Gasteiger partial charge in [0.15, 0.2) is 0 Å². The Kier molecular flexibility index (Phi) is 48.6. The molecule has 0 rings (SSSR count). The summed E-state index contributed by atoms with van der Waals surface area (Å²) in [6.45, 7) is 6.34. The summed E-state index contributed by atoms with van der Waals surface area (Å²) in [5, 5.41) is 23.8. The molecule has 0 aliphatic heterocycles. The quantitative estimate of drug-likeness (QED) is 0.0321. The van der Waals surface area contributed by atoms with E-state index < -0.39 is 18.2 Å². The predicted molar refractivity (Wildman–Crippen MR) is 273 cm³/mol. The number of amides is 1. The van der Waals surface area contributed by atoms with Crippen molar-refractivity contribution in [2.75, 3.05) is 6.61 Å². The van der Waals surface area contributed by atoms with Gasteiger partial charge in [-0.1, -0.05) is 248 Å². The lowest BCUT2D eigenvalue weighted by Crippen LogP contribution is -2.46. The molecule has 6 nitrogen and oxygen atoms in total. The number of carbonyl (C=O) groups is 2. The molecule has 0 saturated carbocycles. The normalized spacial score (nSPS) is 13.7. The van der Waals surface area contributed by atoms with Crippen molar-refractivity contribution in [3.05, 3.63) is 60.8 Å². The molecule has 0 bridgehead atoms. The standard InChI is InChI=1S/C57H103NO5/c1-4-7-10-13-16-19-22-25-27-28-29-32-34-37-40-43-46-49-55(60)54(52-59)58-56(61)51-53(48-45-42-39-36-33-31-26-23-20-17-14-11-8-5-2)63-57(62)50-47-44-41-38-35-30-24-21-18-15-12-9-6-3/h9,12,15,18,21,24,31,33,36,39,53-55,59-60H,4-8,10-11,13-14,16-17,19-20,22-23,25-30,32,34-35,37-38,40-52H2,1-3H3,(H,58,61)/b12-9+,18-15+,24-21-,33-31+,39-36+. The van der Waals surface area contributed by atoms with Crippen molar-refractivity contribution in [1.82, 2.24) is 5.32 Å². The molecule has 3 atom stereocenters. The van der Waals surface area contributed by atoms with Gasteiger partial charge in [0, 0.05) is 6.42 Å². The summed E-state index contributed by atoms with van der Waals surface area (Å²) < 4.78 is 5.90. The number of aliphatic hydroxyl groups is 2. The molecule has 0 aliphatic rings. The number of carbonyl (C=O) groups excluding carboxylic acids is 2. The molecule has 3 N–H and O–H groups in total. The Labute approximate surface area is 390 Å². The number of hydrogen-bond acceptors (Lipinski definition) is 5. The van der Waals surface area contributed by atoms with E-state index in [1.54, 1.807) is 0 Å². The highest BCUT2D eigenvalue weighted by atomic mass is 16.5. The van der Waals surface area contributed by atoms with Crippen LogP contribution in [0.2, 0.25) is 0 Å². The summed E-state index contributed by atoms with van der Waals surface area (Å²) in [7, 11) is 0. The van der Waals surface area contributed by atoms with Crippen molar-refractivity contribution >= 4 is 11.9 Å². The minimum atomic E-state index is -0.805. The first-order valence-electron chi connectivity index (χ1n) is 27.1. The van der Waals surface area contributed by atoms with Crippen LogP contribution in [-0.4, -0.2) is 46.9 Å². The van der Waals surface area contributed by atoms with Crippen LogP contribution in [-0.2, 0) is 14.3 Å². The Hall–Kier alpha value is -2.44. The molecule has 3 unspecified atom stereocenters. The zero-order chi connectivity index (χ0) is 45.9. The van der Waals surface area contributed by atoms with Crippen molar-refractivity contribution in [2.24, 2.45) is 0 Å². The molecule has 366 valence electrons. The Bertz CT molecular complexity index is 1130. The monoisotopic (exact) mass is 882 g/mol. The first-order chi connectivity index (χ1) is 31.0. The van der Waals surface area contributed by atoms with E-state index >= 15 is 0 Å². The van der Waals surface area contributed by atoms with Crippen molar-refractivity contribution in [3.63, 3.8) is 0 Å². The molecule has 0 fully saturated rings. The Morgan fingerprint density at radius 3 is 1.33 bits per heavy atom. The molecule has 0 spiro atoms. The number of hydrogen-bond donors (Lipinski definition) is 3. The van der Waals surface area contributed by atoms with Gasteiger partial charge in [0.25, 0.3) is 0 Å². The van der Waals surface area contributed by atoms with Gasteiger partial charge in [0.05, 0.1) is 25.2 Å². The summed E-state index contributed by atoms with van der Waals surface area (Å²) >= 11 is 0. The van der Waals surface area contributed by atoms with Crippen molar-refractivity contribution in [1.29, 1.82) is 0 Å². The summed E-state index contributed by atoms with van der Waals surface area (Å²) in [5.74, 6) is -0.542. The van der Waals surface area contributed by atoms with E-state index in [1.807, 2.05) is 0 Å². The highest BCUT2D eigenvalue weighted by molar-refractivity contribution is 5.77. The lowest BCUT2D eigenvalue weighted by molar-refractivity contribution is -0.151. The van der Waals surface area contributed by atoms with Crippen molar-refractivity contribution in [2.45, 2.75) is 283 Å². The number of esters is 1. The van der Waals surface area contributed by atoms with Crippen LogP contribution >= 0.6 is 0 Å². The maximum atomic E-state index is 13.2. The molecule has 0 aliphatic carbocycles. The summed E-state index contributed by atoms with van der Waals surface area (Å²) in [4.78, 5) is 26.1. The van der Waals surface area contributed by atoms with Gasteiger partial charge >= 0.3 is 5.97 Å². The zero-order valence-electron chi connectivity index (χ0n) is 41.7. The Morgan fingerprint density at radius 1 is 0.476 bits per heavy atom. The van der Waals surface area contributed by atoms with Gasteiger partial charge in [-0.3, -0.25) is 9.59 Å². The number of nitrogens with one attached hydrogen (secondary N) is 1. The van der Waals surface area contributed by atoms with Gasteiger partial charge < -0.3 is 20.3 Å². The number of ether oxygens (including phenoxy) is 1. The third kappa shape index (κ3) is 45.9. The maximum Gasteiger partial charge on any atom is 0.306 e. The molecule has 63 heavy (non-hydrogen) atoms. The minimum Gasteiger partial charge on any atom is -0.462 e. The van der Waals surface area contributed by atoms with Crippen LogP contribution in [0.1, 0.15) is 265 Å². The number of aliphatic hydroxyl groups excluding tert-OH is 2. The molecule has 0 aromatic heterocycles. The largest absolute Gasteiger partial charge is 0.462 e. The van der Waals surface area contributed by atoms with Gasteiger partial charge in [0.1, 0.15) is 6.10 Å². The van der Waals surface area contributed by atoms with Crippen LogP contribution in [0.5, 0.6) is 0 Å². The second kappa shape index (κ2) is 50.6. The molecule has 0 radical (unpaired) electrons. The van der Waals surface area contributed by atoms with E-state index in [1.165, 1.54) is 135 Å². The fourth-order valence-electron chi connectivity index (χ4n) is 8.07. The van der Waals surface area contributed by atoms with Crippen LogP contribution < -0.4 is 5.32 Å². The lowest BCUT2D eigenvalue weighted by Gasteiger charge is -2.24. The molecule has 0 aromatic carbocycles. The average molecular weight is 882 g/mol. The first kappa shape index (κ1) is 60.6. The third-order valence-electron chi connectivity index (χ3n) is 12.2. The molecule has 1 amide bonds. The van der Waals surface area contributed by atoms with Gasteiger partial charge in [0.2, 0.25) is 5.91 Å². The molecule has 6 heteroatoms. The summed E-state index contributed by atoms with van der Waals surface area (Å²) in [5.41, 5.74) is 0. The Balaban J connectivity index is 4.60. The first-order valence-corrected chi connectivity index (χ1v) is 27.1. The third-order valence-corrected chi connectivity index (χ3v) is 12.2. The van der Waals surface area contributed by atoms with Crippen LogP contribution in [0.25, 0.3) is 0 Å². The highest BCUT2D eigenvalue weighted by Gasteiger charge is 2.24. The second-order valence-electron chi connectivity index (χ2n) is 18.3. The maximum absolute atomic E-state index is 13.2. The van der Waals surface area contributed by atoms with Crippen molar-refractivity contribution < 1.29 is 24.5 Å². The average Bonchev–Trinajstić information content (AvgIpc) is 3.28. The summed E-state index contributed by atoms with van der Waals surface area (Å²) in [6.07, 6.45) is 62.9. The number of rotatable bonds is 48. The van der Waals surface area contributed by atoms with Crippen molar-refractivity contribution in [3.8, 4) is 0 Å². The lowest BCUT2D eigenvalue weighted by atomic mass is 10.0. The zero-order valence-corrected chi connectivity index (χ0v) is 41.7. The highest BCUT2D eigenvalue weighted by Crippen LogP contribution is 2.17. The van der Waals surface area contributed by atoms with E-state index in [-0.39, 0.29) is 24.9 Å². The van der Waals surface area contributed by atoms with Crippen LogP contribution in [0.4, 0.5) is 0 Å². The second-order valence-corrected chi connectivity index (χ2v) is 18.3. The topological polar surface area (TPSA) is 95.9 Å². The predicted octanol–water partition coefficient (Wildman–Crippen LogP) is 16.4. The summed E-state index contributed by atoms with van der Waals surface area (Å²) in [6, 6.07) is -0.722. The SMILES string of the molecule is CC/C=C/C=C/C=C\CCCCCCCC(=O)OC(CCC/C=C/C=C/CCCCCCCCC)CC(=O)NC(CO)C(O)CCCCCCCCCCCCCCCCCCC. The molecular formula is C57H103NO5. The number of unbranched alkanes of at least 4 members (excludes halogenated alkanes) is 29. The van der Waals surface area contributed by atoms with E-state index in [0.29, 0.717) is 19.3 Å². The number of allylic oxidation sites excluding steroid dienone is 10. The van der Waals surface area contributed by atoms with Crippen LogP contribution in [0.3, 0.4) is 0 Å². The fourth-order valence-corrected chi connectivity index (χ4v) is 8.07. The smallest absolute Gasteiger partial charge is 0.306 e. The van der Waals surface area contributed by atoms with Crippen LogP contribution in [0.15, 0.2) is 60.8 Å². The van der Waals surface area contributed by atoms with E-state index in [4.69, 9.17) is 4.74 Å². The Morgan fingerprint density at radius 2 is 0.873 bits per heavy atom. The molecule has 0 saturated heterocycles. The minimum absolute atomic E-state index is 0.0355. The molecule has 0 aromatic rings. The van der Waals surface area contributed by atoms with E-state index in [2.05, 4.69) is 86.8 Å². The van der Waals surface area contributed by atoms with Gasteiger partial charge in [-0.2, -0.15) is 0 Å². The fraction of sp³-hybridized carbons (Fsp3) is 0.789. The van der Waals surface area contributed by atoms with Gasteiger partial charge in [-0.15, -0.1) is 0 Å². The van der Waals surface area contributed by atoms with E-state index in [9.17, 15) is 19.8 Å². The molecule has 0 heterocycles. The van der Waals surface area contributed by atoms with Gasteiger partial charge in [-0.25, -0.2) is 0 Å². The van der Waals surface area contributed by atoms with Gasteiger partial charge in [-0.05, 0) is 64.2 Å². The van der Waals surface area contributed by atoms with E-state index in [0.717, 1.165) is 83.5 Å². The van der Waals surface area contributed by atoms with Crippen LogP contribution in [0, 0.1) is 0 Å².